The third-order valence-corrected chi connectivity index (χ3v) is 5.48. The summed E-state index contributed by atoms with van der Waals surface area (Å²) in [7, 11) is 0. The fraction of sp³-hybridized carbons (Fsp3) is 0.684. The molecule has 0 radical (unpaired) electrons. The van der Waals surface area contributed by atoms with Gasteiger partial charge >= 0.3 is 0 Å². The van der Waals surface area contributed by atoms with Crippen molar-refractivity contribution in [3.8, 4) is 0 Å². The Kier molecular flexibility index (Phi) is 4.97. The molecule has 2 nitrogen and oxygen atoms in total. The summed E-state index contributed by atoms with van der Waals surface area (Å²) in [6, 6.07) is 12.6. The number of rotatable bonds is 5. The zero-order chi connectivity index (χ0) is 14.7. The maximum Gasteiger partial charge on any atom is 0.0111 e. The summed E-state index contributed by atoms with van der Waals surface area (Å²) < 4.78 is 0. The Balaban J connectivity index is 1.55. The van der Waals surface area contributed by atoms with Crippen LogP contribution in [0, 0.1) is 5.92 Å². The Morgan fingerprint density at radius 1 is 1.14 bits per heavy atom. The molecule has 116 valence electrons. The van der Waals surface area contributed by atoms with Crippen LogP contribution in [0.5, 0.6) is 0 Å². The van der Waals surface area contributed by atoms with Gasteiger partial charge in [0.25, 0.3) is 0 Å². The molecular weight excluding hydrogens is 256 g/mol. The summed E-state index contributed by atoms with van der Waals surface area (Å²) in [5.74, 6) is 1.32. The van der Waals surface area contributed by atoms with E-state index in [9.17, 15) is 0 Å². The van der Waals surface area contributed by atoms with Crippen LogP contribution in [-0.4, -0.2) is 36.6 Å². The van der Waals surface area contributed by atoms with Gasteiger partial charge in [-0.15, -0.1) is 0 Å². The zero-order valence-corrected chi connectivity index (χ0v) is 13.6. The van der Waals surface area contributed by atoms with Gasteiger partial charge in [-0.2, -0.15) is 0 Å². The summed E-state index contributed by atoms with van der Waals surface area (Å²) >= 11 is 0. The van der Waals surface area contributed by atoms with Crippen LogP contribution in [0.2, 0.25) is 0 Å². The van der Waals surface area contributed by atoms with E-state index in [0.29, 0.717) is 11.8 Å². The van der Waals surface area contributed by atoms with Crippen molar-refractivity contribution >= 4 is 0 Å². The molecule has 2 saturated heterocycles. The van der Waals surface area contributed by atoms with Crippen molar-refractivity contribution in [2.24, 2.45) is 5.92 Å². The van der Waals surface area contributed by atoms with E-state index in [0.717, 1.165) is 18.6 Å². The molecule has 3 atom stereocenters. The SMILES string of the molecule is CC(C)C(CNC1CCN2CCCC2C1)c1ccccc1. The normalized spacial score (nSPS) is 27.8. The van der Waals surface area contributed by atoms with Crippen LogP contribution in [-0.2, 0) is 0 Å². The smallest absolute Gasteiger partial charge is 0.0111 e. The molecule has 0 amide bonds. The van der Waals surface area contributed by atoms with Crippen LogP contribution >= 0.6 is 0 Å². The van der Waals surface area contributed by atoms with Crippen LogP contribution < -0.4 is 5.32 Å². The molecule has 1 aromatic carbocycles. The molecule has 1 aromatic rings. The van der Waals surface area contributed by atoms with Crippen molar-refractivity contribution in [1.29, 1.82) is 0 Å². The number of hydrogen-bond donors (Lipinski definition) is 1. The van der Waals surface area contributed by atoms with Gasteiger partial charge < -0.3 is 10.2 Å². The van der Waals surface area contributed by atoms with E-state index in [-0.39, 0.29) is 0 Å². The number of piperidine rings is 1. The largest absolute Gasteiger partial charge is 0.313 e. The zero-order valence-electron chi connectivity index (χ0n) is 13.6. The highest BCUT2D eigenvalue weighted by Gasteiger charge is 2.31. The Hall–Kier alpha value is -0.860. The van der Waals surface area contributed by atoms with Crippen molar-refractivity contribution < 1.29 is 0 Å². The van der Waals surface area contributed by atoms with Gasteiger partial charge in [-0.25, -0.2) is 0 Å². The molecule has 2 fully saturated rings. The van der Waals surface area contributed by atoms with Crippen molar-refractivity contribution in [3.05, 3.63) is 35.9 Å². The first-order valence-electron chi connectivity index (χ1n) is 8.76. The fourth-order valence-electron chi connectivity index (χ4n) is 4.14. The molecule has 3 unspecified atom stereocenters. The highest BCUT2D eigenvalue weighted by atomic mass is 15.2. The lowest BCUT2D eigenvalue weighted by Crippen LogP contribution is -2.46. The number of hydrogen-bond acceptors (Lipinski definition) is 2. The Morgan fingerprint density at radius 2 is 1.95 bits per heavy atom. The van der Waals surface area contributed by atoms with E-state index in [1.54, 1.807) is 0 Å². The molecule has 2 aliphatic rings. The van der Waals surface area contributed by atoms with Crippen molar-refractivity contribution in [1.82, 2.24) is 10.2 Å². The third-order valence-electron chi connectivity index (χ3n) is 5.48. The lowest BCUT2D eigenvalue weighted by atomic mass is 9.87. The van der Waals surface area contributed by atoms with Crippen LogP contribution in [0.4, 0.5) is 0 Å². The van der Waals surface area contributed by atoms with Crippen molar-refractivity contribution in [3.63, 3.8) is 0 Å². The van der Waals surface area contributed by atoms with Gasteiger partial charge in [0, 0.05) is 18.6 Å². The predicted octanol–water partition coefficient (Wildman–Crippen LogP) is 3.64. The van der Waals surface area contributed by atoms with Gasteiger partial charge in [-0.3, -0.25) is 0 Å². The Bertz CT molecular complexity index is 428. The number of benzene rings is 1. The summed E-state index contributed by atoms with van der Waals surface area (Å²) in [4.78, 5) is 2.70. The first-order chi connectivity index (χ1) is 10.2. The maximum absolute atomic E-state index is 3.89. The van der Waals surface area contributed by atoms with Crippen LogP contribution in [0.3, 0.4) is 0 Å². The summed E-state index contributed by atoms with van der Waals surface area (Å²) in [5.41, 5.74) is 1.48. The average Bonchev–Trinajstić information content (AvgIpc) is 2.96. The Morgan fingerprint density at radius 3 is 2.71 bits per heavy atom. The number of nitrogens with zero attached hydrogens (tertiary/aromatic N) is 1. The van der Waals surface area contributed by atoms with Gasteiger partial charge in [0.2, 0.25) is 0 Å². The minimum atomic E-state index is 0.632. The van der Waals surface area contributed by atoms with Crippen molar-refractivity contribution in [2.45, 2.75) is 57.5 Å². The van der Waals surface area contributed by atoms with Crippen molar-refractivity contribution in [2.75, 3.05) is 19.6 Å². The monoisotopic (exact) mass is 286 g/mol. The number of nitrogens with one attached hydrogen (secondary N) is 1. The van der Waals surface area contributed by atoms with E-state index >= 15 is 0 Å². The summed E-state index contributed by atoms with van der Waals surface area (Å²) in [5, 5.41) is 3.89. The van der Waals surface area contributed by atoms with Gasteiger partial charge in [-0.1, -0.05) is 44.2 Å². The molecule has 0 aliphatic carbocycles. The molecule has 2 heteroatoms. The minimum absolute atomic E-state index is 0.632. The quantitative estimate of drug-likeness (QED) is 0.889. The lowest BCUT2D eigenvalue weighted by molar-refractivity contribution is 0.165. The van der Waals surface area contributed by atoms with Crippen LogP contribution in [0.15, 0.2) is 30.3 Å². The molecule has 0 spiro atoms. The van der Waals surface area contributed by atoms with E-state index < -0.39 is 0 Å². The van der Waals surface area contributed by atoms with Crippen LogP contribution in [0.25, 0.3) is 0 Å². The minimum Gasteiger partial charge on any atom is -0.313 e. The van der Waals surface area contributed by atoms with E-state index in [2.05, 4.69) is 54.4 Å². The Labute approximate surface area is 129 Å². The molecular formula is C19H30N2. The number of fused-ring (bicyclic) bond motifs is 1. The highest BCUT2D eigenvalue weighted by molar-refractivity contribution is 5.20. The topological polar surface area (TPSA) is 15.3 Å². The highest BCUT2D eigenvalue weighted by Crippen LogP contribution is 2.28. The fourth-order valence-corrected chi connectivity index (χ4v) is 4.14. The summed E-state index contributed by atoms with van der Waals surface area (Å²) in [6.45, 7) is 8.47. The average molecular weight is 286 g/mol. The second-order valence-corrected chi connectivity index (χ2v) is 7.22. The second kappa shape index (κ2) is 6.93. The molecule has 1 N–H and O–H groups in total. The molecule has 3 rings (SSSR count). The molecule has 0 bridgehead atoms. The molecule has 0 saturated carbocycles. The molecule has 2 heterocycles. The first-order valence-corrected chi connectivity index (χ1v) is 8.76. The van der Waals surface area contributed by atoms with Gasteiger partial charge in [-0.05, 0) is 56.2 Å². The lowest BCUT2D eigenvalue weighted by Gasteiger charge is -2.36. The van der Waals surface area contributed by atoms with E-state index in [1.165, 1.54) is 44.3 Å². The predicted molar refractivity (Wildman–Crippen MR) is 89.6 cm³/mol. The van der Waals surface area contributed by atoms with E-state index in [4.69, 9.17) is 0 Å². The second-order valence-electron chi connectivity index (χ2n) is 7.22. The standard InChI is InChI=1S/C19H30N2/c1-15(2)19(16-7-4-3-5-8-16)14-20-17-10-12-21-11-6-9-18(21)13-17/h3-5,7-8,15,17-20H,6,9-14H2,1-2H3. The summed E-state index contributed by atoms with van der Waals surface area (Å²) in [6.07, 6.45) is 5.52. The third kappa shape index (κ3) is 3.67. The van der Waals surface area contributed by atoms with Gasteiger partial charge in [0.1, 0.15) is 0 Å². The van der Waals surface area contributed by atoms with Crippen LogP contribution in [0.1, 0.15) is 51.0 Å². The maximum atomic E-state index is 3.89. The molecule has 2 aliphatic heterocycles. The van der Waals surface area contributed by atoms with E-state index in [1.807, 2.05) is 0 Å². The molecule has 21 heavy (non-hydrogen) atoms. The first kappa shape index (κ1) is 15.1. The molecule has 0 aromatic heterocycles. The van der Waals surface area contributed by atoms with Gasteiger partial charge in [0.15, 0.2) is 0 Å². The van der Waals surface area contributed by atoms with Gasteiger partial charge in [0.05, 0.1) is 0 Å².